The Bertz CT molecular complexity index is 431. The van der Waals surface area contributed by atoms with Gasteiger partial charge in [0.05, 0.1) is 0 Å². The molecule has 78 valence electrons. The molecule has 0 spiro atoms. The molecule has 0 amide bonds. The van der Waals surface area contributed by atoms with Gasteiger partial charge in [-0.1, -0.05) is 28.1 Å². The maximum absolute atomic E-state index is 11.3. The van der Waals surface area contributed by atoms with Crippen LogP contribution in [0.2, 0.25) is 0 Å². The number of allylic oxidation sites excluding steroid dienone is 2. The van der Waals surface area contributed by atoms with E-state index in [2.05, 4.69) is 15.9 Å². The number of Topliss-reactive ketones (excluding diaryl/α,β-unsaturated/α-hetero) is 1. The van der Waals surface area contributed by atoms with Gasteiger partial charge in [0.2, 0.25) is 0 Å². The van der Waals surface area contributed by atoms with E-state index in [1.807, 2.05) is 31.2 Å². The molecular formula is C12H11BrO2. The maximum atomic E-state index is 11.3. The Labute approximate surface area is 96.7 Å². The van der Waals surface area contributed by atoms with Crippen LogP contribution < -0.4 is 0 Å². The predicted molar refractivity (Wildman–Crippen MR) is 61.8 cm³/mol. The van der Waals surface area contributed by atoms with Crippen LogP contribution in [0.3, 0.4) is 0 Å². The van der Waals surface area contributed by atoms with E-state index in [1.165, 1.54) is 0 Å². The summed E-state index contributed by atoms with van der Waals surface area (Å²) in [6.07, 6.45) is 0.388. The summed E-state index contributed by atoms with van der Waals surface area (Å²) in [7, 11) is 0. The van der Waals surface area contributed by atoms with Crippen LogP contribution in [0.4, 0.5) is 0 Å². The van der Waals surface area contributed by atoms with Gasteiger partial charge in [-0.25, -0.2) is 0 Å². The molecule has 1 aromatic rings. The molecule has 0 radical (unpaired) electrons. The Morgan fingerprint density at radius 2 is 1.93 bits per heavy atom. The Morgan fingerprint density at radius 3 is 2.40 bits per heavy atom. The molecule has 0 aliphatic heterocycles. The highest BCUT2D eigenvalue weighted by Gasteiger charge is 2.30. The van der Waals surface area contributed by atoms with Crippen molar-refractivity contribution in [3.63, 3.8) is 0 Å². The van der Waals surface area contributed by atoms with Crippen molar-refractivity contribution < 1.29 is 9.90 Å². The summed E-state index contributed by atoms with van der Waals surface area (Å²) in [6.45, 7) is 1.81. The lowest BCUT2D eigenvalue weighted by molar-refractivity contribution is -0.117. The third-order valence-corrected chi connectivity index (χ3v) is 3.35. The average molecular weight is 267 g/mol. The van der Waals surface area contributed by atoms with Crippen molar-refractivity contribution in [3.05, 3.63) is 45.6 Å². The van der Waals surface area contributed by atoms with E-state index in [0.29, 0.717) is 6.42 Å². The van der Waals surface area contributed by atoms with E-state index in [9.17, 15) is 9.90 Å². The topological polar surface area (TPSA) is 37.3 Å². The van der Waals surface area contributed by atoms with E-state index in [0.717, 1.165) is 15.6 Å². The van der Waals surface area contributed by atoms with E-state index in [4.69, 9.17) is 0 Å². The van der Waals surface area contributed by atoms with Gasteiger partial charge >= 0.3 is 0 Å². The van der Waals surface area contributed by atoms with E-state index in [-0.39, 0.29) is 17.5 Å². The number of hydrogen-bond donors (Lipinski definition) is 1. The Kier molecular flexibility index (Phi) is 2.65. The summed E-state index contributed by atoms with van der Waals surface area (Å²) in [6, 6.07) is 7.85. The van der Waals surface area contributed by atoms with Crippen LogP contribution in [-0.2, 0) is 4.79 Å². The summed E-state index contributed by atoms with van der Waals surface area (Å²) in [5.74, 6) is -0.158. The molecule has 15 heavy (non-hydrogen) atoms. The van der Waals surface area contributed by atoms with Crippen LogP contribution >= 0.6 is 15.9 Å². The Balaban J connectivity index is 2.35. The van der Waals surface area contributed by atoms with Crippen molar-refractivity contribution in [2.75, 3.05) is 0 Å². The first-order valence-corrected chi connectivity index (χ1v) is 5.57. The van der Waals surface area contributed by atoms with Crippen molar-refractivity contribution >= 4 is 21.7 Å². The molecule has 1 N–H and O–H groups in total. The number of hydrogen-bond acceptors (Lipinski definition) is 2. The molecule has 1 aliphatic rings. The number of ketones is 1. The molecule has 1 atom stereocenters. The minimum atomic E-state index is -0.152. The highest BCUT2D eigenvalue weighted by atomic mass is 79.9. The van der Waals surface area contributed by atoms with Gasteiger partial charge in [-0.3, -0.25) is 4.79 Å². The zero-order valence-corrected chi connectivity index (χ0v) is 9.91. The zero-order valence-electron chi connectivity index (χ0n) is 8.33. The largest absolute Gasteiger partial charge is 0.504 e. The smallest absolute Gasteiger partial charge is 0.197 e. The second-order valence-corrected chi connectivity index (χ2v) is 4.68. The van der Waals surface area contributed by atoms with Crippen molar-refractivity contribution in [1.82, 2.24) is 0 Å². The molecule has 0 aromatic heterocycles. The SMILES string of the molecule is CC1=C(O)C(=O)C[C@@H]1c1ccc(Br)cc1. The molecule has 2 rings (SSSR count). The summed E-state index contributed by atoms with van der Waals surface area (Å²) < 4.78 is 1.02. The fourth-order valence-electron chi connectivity index (χ4n) is 1.88. The molecule has 0 saturated heterocycles. The normalized spacial score (nSPS) is 21.2. The monoisotopic (exact) mass is 266 g/mol. The lowest BCUT2D eigenvalue weighted by Crippen LogP contribution is -1.98. The lowest BCUT2D eigenvalue weighted by Gasteiger charge is -2.10. The van der Waals surface area contributed by atoms with Crippen LogP contribution in [0.25, 0.3) is 0 Å². The molecule has 1 aromatic carbocycles. The number of carbonyl (C=O) groups excluding carboxylic acids is 1. The van der Waals surface area contributed by atoms with Crippen LogP contribution in [0, 0.1) is 0 Å². The summed E-state index contributed by atoms with van der Waals surface area (Å²) in [5, 5.41) is 9.47. The van der Waals surface area contributed by atoms with Crippen molar-refractivity contribution in [1.29, 1.82) is 0 Å². The van der Waals surface area contributed by atoms with Crippen LogP contribution in [-0.4, -0.2) is 10.9 Å². The van der Waals surface area contributed by atoms with Crippen LogP contribution in [0.15, 0.2) is 40.1 Å². The number of halogens is 1. The fraction of sp³-hybridized carbons (Fsp3) is 0.250. The van der Waals surface area contributed by atoms with Gasteiger partial charge in [0.15, 0.2) is 11.5 Å². The van der Waals surface area contributed by atoms with E-state index in [1.54, 1.807) is 0 Å². The number of aliphatic hydroxyl groups excluding tert-OH is 1. The van der Waals surface area contributed by atoms with Crippen molar-refractivity contribution in [3.8, 4) is 0 Å². The molecule has 0 heterocycles. The molecule has 0 fully saturated rings. The minimum absolute atomic E-state index is 0.0469. The molecule has 2 nitrogen and oxygen atoms in total. The highest BCUT2D eigenvalue weighted by molar-refractivity contribution is 9.10. The van der Waals surface area contributed by atoms with Gasteiger partial charge in [-0.15, -0.1) is 0 Å². The predicted octanol–water partition coefficient (Wildman–Crippen LogP) is 3.34. The zero-order chi connectivity index (χ0) is 11.0. The molecule has 0 saturated carbocycles. The van der Waals surface area contributed by atoms with Gasteiger partial charge in [0.25, 0.3) is 0 Å². The Hall–Kier alpha value is -1.09. The second kappa shape index (κ2) is 3.81. The molecular weight excluding hydrogens is 256 g/mol. The van der Waals surface area contributed by atoms with E-state index >= 15 is 0 Å². The second-order valence-electron chi connectivity index (χ2n) is 3.76. The maximum Gasteiger partial charge on any atom is 0.197 e. The quantitative estimate of drug-likeness (QED) is 0.847. The molecule has 0 bridgehead atoms. The lowest BCUT2D eigenvalue weighted by atomic mass is 9.93. The summed E-state index contributed by atoms with van der Waals surface area (Å²) in [5.41, 5.74) is 1.86. The molecule has 3 heteroatoms. The number of rotatable bonds is 1. The van der Waals surface area contributed by atoms with E-state index < -0.39 is 0 Å². The standard InChI is InChI=1S/C12H11BrO2/c1-7-10(6-11(14)12(7)15)8-2-4-9(13)5-3-8/h2-5,10,15H,6H2,1H3/t10-/m0/s1. The third kappa shape index (κ3) is 1.84. The number of benzene rings is 1. The number of carbonyl (C=O) groups is 1. The van der Waals surface area contributed by atoms with Crippen LogP contribution in [0.5, 0.6) is 0 Å². The molecule has 1 aliphatic carbocycles. The van der Waals surface area contributed by atoms with Gasteiger partial charge in [0, 0.05) is 16.8 Å². The number of aliphatic hydroxyl groups is 1. The third-order valence-electron chi connectivity index (χ3n) is 2.82. The first kappa shape index (κ1) is 10.4. The fourth-order valence-corrected chi connectivity index (χ4v) is 2.15. The first-order chi connectivity index (χ1) is 7.09. The van der Waals surface area contributed by atoms with Gasteiger partial charge in [-0.05, 0) is 30.2 Å². The van der Waals surface area contributed by atoms with Gasteiger partial charge < -0.3 is 5.11 Å². The van der Waals surface area contributed by atoms with Gasteiger partial charge in [0.1, 0.15) is 0 Å². The Morgan fingerprint density at radius 1 is 1.33 bits per heavy atom. The molecule has 0 unspecified atom stereocenters. The summed E-state index contributed by atoms with van der Waals surface area (Å²) in [4.78, 5) is 11.3. The van der Waals surface area contributed by atoms with Gasteiger partial charge in [-0.2, -0.15) is 0 Å². The van der Waals surface area contributed by atoms with Crippen molar-refractivity contribution in [2.24, 2.45) is 0 Å². The van der Waals surface area contributed by atoms with Crippen molar-refractivity contribution in [2.45, 2.75) is 19.3 Å². The first-order valence-electron chi connectivity index (χ1n) is 4.78. The summed E-state index contributed by atoms with van der Waals surface area (Å²) >= 11 is 3.36. The average Bonchev–Trinajstić information content (AvgIpc) is 2.47. The minimum Gasteiger partial charge on any atom is -0.504 e. The van der Waals surface area contributed by atoms with Crippen LogP contribution in [0.1, 0.15) is 24.8 Å². The highest BCUT2D eigenvalue weighted by Crippen LogP contribution is 2.36.